The molecule has 0 radical (unpaired) electrons. The highest BCUT2D eigenvalue weighted by molar-refractivity contribution is 7.11. The van der Waals surface area contributed by atoms with E-state index in [9.17, 15) is 0 Å². The normalized spacial score (nSPS) is 15.6. The number of halogens is 1. The maximum atomic E-state index is 6.12. The van der Waals surface area contributed by atoms with E-state index in [2.05, 4.69) is 49.5 Å². The molecule has 2 aromatic rings. The number of aryl methyl sites for hydroxylation is 1. The second-order valence-corrected chi connectivity index (χ2v) is 8.96. The molecule has 0 aliphatic carbocycles. The van der Waals surface area contributed by atoms with Crippen molar-refractivity contribution < 1.29 is 0 Å². The van der Waals surface area contributed by atoms with E-state index in [-0.39, 0.29) is 0 Å². The van der Waals surface area contributed by atoms with Gasteiger partial charge in [-0.15, -0.1) is 11.3 Å². The van der Waals surface area contributed by atoms with Gasteiger partial charge in [-0.1, -0.05) is 17.7 Å². The zero-order valence-corrected chi connectivity index (χ0v) is 18.9. The van der Waals surface area contributed by atoms with Gasteiger partial charge in [0.2, 0.25) is 0 Å². The molecule has 1 aromatic carbocycles. The average Bonchev–Trinajstić information content (AvgIpc) is 3.15. The Morgan fingerprint density at radius 1 is 1.21 bits per heavy atom. The van der Waals surface area contributed by atoms with Crippen LogP contribution in [0.3, 0.4) is 0 Å². The minimum Gasteiger partial charge on any atom is -0.369 e. The van der Waals surface area contributed by atoms with Crippen molar-refractivity contribution in [1.29, 1.82) is 0 Å². The molecule has 0 amide bonds. The molecule has 0 atom stereocenters. The number of guanidine groups is 1. The molecule has 1 aromatic heterocycles. The molecule has 0 spiro atoms. The Morgan fingerprint density at radius 3 is 2.69 bits per heavy atom. The highest BCUT2D eigenvalue weighted by Gasteiger charge is 2.16. The molecule has 1 aliphatic rings. The number of aromatic nitrogens is 1. The van der Waals surface area contributed by atoms with Gasteiger partial charge in [-0.2, -0.15) is 0 Å². The summed E-state index contributed by atoms with van der Waals surface area (Å²) in [7, 11) is 1.82. The van der Waals surface area contributed by atoms with Crippen LogP contribution in [0.25, 0.3) is 0 Å². The Labute approximate surface area is 183 Å². The fourth-order valence-corrected chi connectivity index (χ4v) is 4.41. The van der Waals surface area contributed by atoms with Crippen molar-refractivity contribution in [3.8, 4) is 0 Å². The highest BCUT2D eigenvalue weighted by atomic mass is 35.5. The number of rotatable bonds is 8. The number of anilines is 1. The molecule has 1 aliphatic heterocycles. The van der Waals surface area contributed by atoms with Crippen LogP contribution in [0.1, 0.15) is 16.3 Å². The van der Waals surface area contributed by atoms with Crippen molar-refractivity contribution in [3.63, 3.8) is 0 Å². The maximum Gasteiger partial charge on any atom is 0.190 e. The van der Waals surface area contributed by atoms with Gasteiger partial charge in [0.25, 0.3) is 0 Å². The second kappa shape index (κ2) is 11.4. The summed E-state index contributed by atoms with van der Waals surface area (Å²) in [6, 6.07) is 8.14. The zero-order valence-electron chi connectivity index (χ0n) is 17.3. The molecule has 29 heavy (non-hydrogen) atoms. The van der Waals surface area contributed by atoms with E-state index in [1.165, 1.54) is 15.6 Å². The first-order valence-corrected chi connectivity index (χ1v) is 11.4. The van der Waals surface area contributed by atoms with Gasteiger partial charge in [0.1, 0.15) is 0 Å². The third kappa shape index (κ3) is 7.17. The lowest BCUT2D eigenvalue weighted by Crippen LogP contribution is -2.47. The van der Waals surface area contributed by atoms with E-state index in [4.69, 9.17) is 11.6 Å². The van der Waals surface area contributed by atoms with Crippen LogP contribution in [0.5, 0.6) is 0 Å². The minimum atomic E-state index is 0.805. The molecule has 6 nitrogen and oxygen atoms in total. The summed E-state index contributed by atoms with van der Waals surface area (Å²) in [4.78, 5) is 14.9. The van der Waals surface area contributed by atoms with Crippen LogP contribution < -0.4 is 15.5 Å². The van der Waals surface area contributed by atoms with E-state index in [0.717, 1.165) is 69.6 Å². The van der Waals surface area contributed by atoms with Gasteiger partial charge in [0.15, 0.2) is 5.96 Å². The number of hydrogen-bond donors (Lipinski definition) is 2. The van der Waals surface area contributed by atoms with Gasteiger partial charge in [0, 0.05) is 74.5 Å². The van der Waals surface area contributed by atoms with E-state index in [0.29, 0.717) is 0 Å². The quantitative estimate of drug-likeness (QED) is 0.380. The van der Waals surface area contributed by atoms with Crippen LogP contribution in [0.4, 0.5) is 5.69 Å². The van der Waals surface area contributed by atoms with E-state index < -0.39 is 0 Å². The number of aliphatic imine (C=N–C) groups is 1. The van der Waals surface area contributed by atoms with Crippen LogP contribution in [0, 0.1) is 6.92 Å². The molecule has 1 fully saturated rings. The van der Waals surface area contributed by atoms with Crippen molar-refractivity contribution in [2.75, 3.05) is 57.8 Å². The summed E-state index contributed by atoms with van der Waals surface area (Å²) in [6.07, 6.45) is 3.96. The Bertz CT molecular complexity index is 785. The molecular weight excluding hydrogens is 404 g/mol. The molecule has 0 unspecified atom stereocenters. The molecule has 1 saturated heterocycles. The van der Waals surface area contributed by atoms with Crippen molar-refractivity contribution in [2.24, 2.45) is 4.99 Å². The summed E-state index contributed by atoms with van der Waals surface area (Å²) < 4.78 is 0. The van der Waals surface area contributed by atoms with Gasteiger partial charge in [-0.3, -0.25) is 9.89 Å². The second-order valence-electron chi connectivity index (χ2n) is 7.20. The minimum absolute atomic E-state index is 0.805. The largest absolute Gasteiger partial charge is 0.369 e. The summed E-state index contributed by atoms with van der Waals surface area (Å²) in [5.74, 6) is 0.865. The topological polar surface area (TPSA) is 55.8 Å². The number of thiazole rings is 1. The maximum absolute atomic E-state index is 6.12. The van der Waals surface area contributed by atoms with Crippen molar-refractivity contribution in [2.45, 2.75) is 19.8 Å². The molecular formula is C21H31ClN6S. The van der Waals surface area contributed by atoms with Gasteiger partial charge in [-0.25, -0.2) is 4.98 Å². The Morgan fingerprint density at radius 2 is 2.00 bits per heavy atom. The van der Waals surface area contributed by atoms with Crippen molar-refractivity contribution in [1.82, 2.24) is 20.5 Å². The van der Waals surface area contributed by atoms with Crippen LogP contribution in [0.15, 0.2) is 35.5 Å². The highest BCUT2D eigenvalue weighted by Crippen LogP contribution is 2.20. The molecule has 158 valence electrons. The molecule has 3 rings (SSSR count). The number of nitrogens with zero attached hydrogens (tertiary/aromatic N) is 4. The Kier molecular flexibility index (Phi) is 8.58. The molecule has 2 heterocycles. The lowest BCUT2D eigenvalue weighted by molar-refractivity contribution is 0.255. The van der Waals surface area contributed by atoms with E-state index in [1.54, 1.807) is 11.3 Å². The lowest BCUT2D eigenvalue weighted by Gasteiger charge is -2.36. The smallest absolute Gasteiger partial charge is 0.190 e. The molecule has 0 saturated carbocycles. The fraction of sp³-hybridized carbons (Fsp3) is 0.524. The monoisotopic (exact) mass is 434 g/mol. The SMILES string of the molecule is CN=C(NCCCN1CCN(c2cccc(Cl)c2)CC1)NCCc1ncc(C)s1. The predicted octanol–water partition coefficient (Wildman–Crippen LogP) is 3.02. The van der Waals surface area contributed by atoms with Crippen LogP contribution in [-0.4, -0.2) is 68.7 Å². The first-order valence-electron chi connectivity index (χ1n) is 10.2. The Balaban J connectivity index is 1.28. The third-order valence-electron chi connectivity index (χ3n) is 5.01. The van der Waals surface area contributed by atoms with Gasteiger partial charge in [-0.05, 0) is 38.1 Å². The first kappa shape index (κ1) is 21.9. The van der Waals surface area contributed by atoms with E-state index in [1.807, 2.05) is 25.4 Å². The fourth-order valence-electron chi connectivity index (χ4n) is 3.44. The van der Waals surface area contributed by atoms with Crippen LogP contribution in [-0.2, 0) is 6.42 Å². The summed E-state index contributed by atoms with van der Waals surface area (Å²) in [5, 5.41) is 8.75. The third-order valence-corrected chi connectivity index (χ3v) is 6.22. The van der Waals surface area contributed by atoms with E-state index >= 15 is 0 Å². The molecule has 0 bridgehead atoms. The predicted molar refractivity (Wildman–Crippen MR) is 125 cm³/mol. The summed E-state index contributed by atoms with van der Waals surface area (Å²) >= 11 is 7.87. The van der Waals surface area contributed by atoms with Crippen LogP contribution in [0.2, 0.25) is 5.02 Å². The Hall–Kier alpha value is -1.83. The molecule has 2 N–H and O–H groups in total. The first-order chi connectivity index (χ1) is 14.1. The van der Waals surface area contributed by atoms with Gasteiger partial charge >= 0.3 is 0 Å². The van der Waals surface area contributed by atoms with Crippen molar-refractivity contribution in [3.05, 3.63) is 45.4 Å². The van der Waals surface area contributed by atoms with Crippen LogP contribution >= 0.6 is 22.9 Å². The summed E-state index contributed by atoms with van der Waals surface area (Å²) in [5.41, 5.74) is 1.22. The summed E-state index contributed by atoms with van der Waals surface area (Å²) in [6.45, 7) is 9.24. The number of piperazine rings is 1. The van der Waals surface area contributed by atoms with Gasteiger partial charge < -0.3 is 15.5 Å². The average molecular weight is 435 g/mol. The van der Waals surface area contributed by atoms with Crippen molar-refractivity contribution >= 4 is 34.6 Å². The number of nitrogens with one attached hydrogen (secondary N) is 2. The lowest BCUT2D eigenvalue weighted by atomic mass is 10.2. The number of hydrogen-bond acceptors (Lipinski definition) is 5. The van der Waals surface area contributed by atoms with Gasteiger partial charge in [0.05, 0.1) is 5.01 Å². The molecule has 8 heteroatoms. The zero-order chi connectivity index (χ0) is 20.5. The number of benzene rings is 1. The standard InChI is InChI=1S/C21H31ClN6S/c1-17-16-26-20(29-17)7-9-25-21(23-2)24-8-4-10-27-11-13-28(14-12-27)19-6-3-5-18(22)15-19/h3,5-6,15-16H,4,7-14H2,1-2H3,(H2,23,24,25).